The Balaban J connectivity index is 2.41. The Labute approximate surface area is 95.8 Å². The van der Waals surface area contributed by atoms with Gasteiger partial charge >= 0.3 is 5.97 Å². The predicted molar refractivity (Wildman–Crippen MR) is 59.1 cm³/mol. The highest BCUT2D eigenvalue weighted by atomic mass is 32.1. The molecule has 1 aromatic heterocycles. The van der Waals surface area contributed by atoms with Gasteiger partial charge in [0.25, 0.3) is 0 Å². The molecule has 0 aliphatic carbocycles. The van der Waals surface area contributed by atoms with E-state index >= 15 is 0 Å². The van der Waals surface area contributed by atoms with Gasteiger partial charge in [-0.1, -0.05) is 5.11 Å². The quantitative estimate of drug-likeness (QED) is 0.326. The van der Waals surface area contributed by atoms with E-state index in [0.717, 1.165) is 0 Å². The summed E-state index contributed by atoms with van der Waals surface area (Å²) in [5, 5.41) is 15.2. The second kappa shape index (κ2) is 6.78. The monoisotopic (exact) mass is 241 g/mol. The molecule has 0 aliphatic heterocycles. The molecular formula is C8H11N5O2S. The first-order chi connectivity index (χ1) is 7.75. The molecule has 1 atom stereocenters. The van der Waals surface area contributed by atoms with E-state index in [0.29, 0.717) is 24.4 Å². The van der Waals surface area contributed by atoms with E-state index in [1.165, 1.54) is 17.5 Å². The molecule has 0 fully saturated rings. The normalized spacial score (nSPS) is 11.8. The van der Waals surface area contributed by atoms with Gasteiger partial charge in [-0.25, -0.2) is 0 Å². The number of azide groups is 1. The number of nitrogens with zero attached hydrogens (tertiary/aromatic N) is 4. The molecule has 0 aliphatic rings. The highest BCUT2D eigenvalue weighted by Gasteiger charge is 2.19. The molecule has 2 N–H and O–H groups in total. The van der Waals surface area contributed by atoms with Gasteiger partial charge in [-0.3, -0.25) is 15.1 Å². The van der Waals surface area contributed by atoms with E-state index in [1.807, 2.05) is 0 Å². The van der Waals surface area contributed by atoms with Crippen molar-refractivity contribution in [1.82, 2.24) is 10.3 Å². The number of carboxylic acid groups (broad SMARTS) is 1. The first-order valence-electron chi connectivity index (χ1n) is 4.61. The molecule has 1 rings (SSSR count). The van der Waals surface area contributed by atoms with Gasteiger partial charge < -0.3 is 5.11 Å². The third kappa shape index (κ3) is 3.85. The number of rotatable bonds is 7. The van der Waals surface area contributed by atoms with Crippen LogP contribution in [0.15, 0.2) is 16.8 Å². The van der Waals surface area contributed by atoms with Gasteiger partial charge in [-0.05, 0) is 18.5 Å². The Hall–Kier alpha value is -1.63. The smallest absolute Gasteiger partial charge is 0.326 e. The molecule has 1 unspecified atom stereocenters. The molecule has 0 spiro atoms. The number of carboxylic acids is 1. The van der Waals surface area contributed by atoms with E-state index in [4.69, 9.17) is 10.6 Å². The van der Waals surface area contributed by atoms with Crippen LogP contribution in [0.25, 0.3) is 10.4 Å². The summed E-state index contributed by atoms with van der Waals surface area (Å²) in [6.07, 6.45) is 2.14. The van der Waals surface area contributed by atoms with Gasteiger partial charge in [0.15, 0.2) is 0 Å². The topological polar surface area (TPSA) is 111 Å². The SMILES string of the molecule is [N-]=[N+]=NCCCNC(C(=O)O)c1cncs1. The molecule has 0 amide bonds. The second-order valence-corrected chi connectivity index (χ2v) is 3.86. The fourth-order valence-corrected chi connectivity index (χ4v) is 1.80. The second-order valence-electron chi connectivity index (χ2n) is 2.94. The van der Waals surface area contributed by atoms with Crippen LogP contribution in [-0.4, -0.2) is 29.1 Å². The summed E-state index contributed by atoms with van der Waals surface area (Å²) in [5.41, 5.74) is 9.64. The van der Waals surface area contributed by atoms with Crippen LogP contribution in [0.5, 0.6) is 0 Å². The molecule has 0 aromatic carbocycles. The van der Waals surface area contributed by atoms with Crippen LogP contribution in [0.4, 0.5) is 0 Å². The number of aromatic nitrogens is 1. The molecule has 86 valence electrons. The van der Waals surface area contributed by atoms with Crippen molar-refractivity contribution in [3.63, 3.8) is 0 Å². The Morgan fingerprint density at radius 2 is 2.62 bits per heavy atom. The van der Waals surface area contributed by atoms with Crippen molar-refractivity contribution in [3.05, 3.63) is 27.0 Å². The number of thiazole rings is 1. The van der Waals surface area contributed by atoms with Crippen molar-refractivity contribution in [2.45, 2.75) is 12.5 Å². The third-order valence-electron chi connectivity index (χ3n) is 1.83. The average molecular weight is 241 g/mol. The molecule has 0 saturated heterocycles. The van der Waals surface area contributed by atoms with Crippen molar-refractivity contribution >= 4 is 17.3 Å². The lowest BCUT2D eigenvalue weighted by atomic mass is 10.2. The zero-order chi connectivity index (χ0) is 11.8. The predicted octanol–water partition coefficient (Wildman–Crippen LogP) is 1.56. The summed E-state index contributed by atoms with van der Waals surface area (Å²) in [6, 6.07) is -0.737. The minimum Gasteiger partial charge on any atom is -0.480 e. The van der Waals surface area contributed by atoms with Gasteiger partial charge in [0.05, 0.1) is 10.4 Å². The Morgan fingerprint density at radius 3 is 3.19 bits per heavy atom. The summed E-state index contributed by atoms with van der Waals surface area (Å²) >= 11 is 1.29. The maximum absolute atomic E-state index is 11.0. The summed E-state index contributed by atoms with van der Waals surface area (Å²) in [6.45, 7) is 0.840. The van der Waals surface area contributed by atoms with E-state index in [2.05, 4.69) is 20.3 Å². The number of nitrogens with one attached hydrogen (secondary N) is 1. The summed E-state index contributed by atoms with van der Waals surface area (Å²) in [4.78, 5) is 18.1. The molecular weight excluding hydrogens is 230 g/mol. The van der Waals surface area contributed by atoms with Crippen molar-refractivity contribution in [2.24, 2.45) is 5.11 Å². The summed E-state index contributed by atoms with van der Waals surface area (Å²) in [5.74, 6) is -0.937. The van der Waals surface area contributed by atoms with Gasteiger partial charge in [0.1, 0.15) is 6.04 Å². The van der Waals surface area contributed by atoms with Gasteiger partial charge in [0.2, 0.25) is 0 Å². The molecule has 1 aromatic rings. The average Bonchev–Trinajstić information content (AvgIpc) is 2.76. The minimum absolute atomic E-state index is 0.360. The molecule has 1 heterocycles. The van der Waals surface area contributed by atoms with Crippen LogP contribution in [0.3, 0.4) is 0 Å². The van der Waals surface area contributed by atoms with Crippen molar-refractivity contribution in [1.29, 1.82) is 0 Å². The highest BCUT2D eigenvalue weighted by Crippen LogP contribution is 2.17. The van der Waals surface area contributed by atoms with Crippen LogP contribution in [-0.2, 0) is 4.79 Å². The van der Waals surface area contributed by atoms with E-state index in [-0.39, 0.29) is 0 Å². The highest BCUT2D eigenvalue weighted by molar-refractivity contribution is 7.09. The van der Waals surface area contributed by atoms with Crippen LogP contribution >= 0.6 is 11.3 Å². The van der Waals surface area contributed by atoms with Gasteiger partial charge in [0, 0.05) is 17.7 Å². The standard InChI is InChI=1S/C8H11N5O2S/c9-13-12-3-1-2-11-7(8(14)15)6-4-10-5-16-6/h4-5,7,11H,1-3H2,(H,14,15). The summed E-state index contributed by atoms with van der Waals surface area (Å²) < 4.78 is 0. The van der Waals surface area contributed by atoms with Crippen molar-refractivity contribution < 1.29 is 9.90 Å². The Morgan fingerprint density at radius 1 is 1.81 bits per heavy atom. The first kappa shape index (κ1) is 12.4. The lowest BCUT2D eigenvalue weighted by Crippen LogP contribution is -2.28. The van der Waals surface area contributed by atoms with Crippen LogP contribution in [0.2, 0.25) is 0 Å². The third-order valence-corrected chi connectivity index (χ3v) is 2.67. The zero-order valence-electron chi connectivity index (χ0n) is 8.41. The van der Waals surface area contributed by atoms with Gasteiger partial charge in [-0.15, -0.1) is 11.3 Å². The molecule has 8 heteroatoms. The fourth-order valence-electron chi connectivity index (χ4n) is 1.12. The van der Waals surface area contributed by atoms with Crippen molar-refractivity contribution in [3.8, 4) is 0 Å². The zero-order valence-corrected chi connectivity index (χ0v) is 9.22. The first-order valence-corrected chi connectivity index (χ1v) is 5.49. The Kier molecular flexibility index (Phi) is 5.27. The molecule has 0 radical (unpaired) electrons. The van der Waals surface area contributed by atoms with Crippen LogP contribution in [0.1, 0.15) is 17.3 Å². The van der Waals surface area contributed by atoms with Crippen molar-refractivity contribution in [2.75, 3.05) is 13.1 Å². The van der Waals surface area contributed by atoms with E-state index < -0.39 is 12.0 Å². The lowest BCUT2D eigenvalue weighted by Gasteiger charge is -2.11. The van der Waals surface area contributed by atoms with E-state index in [9.17, 15) is 4.79 Å². The summed E-state index contributed by atoms with van der Waals surface area (Å²) in [7, 11) is 0. The number of carbonyl (C=O) groups is 1. The van der Waals surface area contributed by atoms with Crippen LogP contribution in [0, 0.1) is 0 Å². The largest absolute Gasteiger partial charge is 0.480 e. The fraction of sp³-hybridized carbons (Fsp3) is 0.500. The molecule has 16 heavy (non-hydrogen) atoms. The molecule has 7 nitrogen and oxygen atoms in total. The number of hydrogen-bond donors (Lipinski definition) is 2. The lowest BCUT2D eigenvalue weighted by molar-refractivity contribution is -0.139. The van der Waals surface area contributed by atoms with E-state index in [1.54, 1.807) is 5.51 Å². The number of hydrogen-bond acceptors (Lipinski definition) is 5. The maximum atomic E-state index is 11.0. The maximum Gasteiger partial charge on any atom is 0.326 e. The molecule has 0 bridgehead atoms. The minimum atomic E-state index is -0.937. The van der Waals surface area contributed by atoms with Crippen LogP contribution < -0.4 is 5.32 Å². The number of aliphatic carboxylic acids is 1. The Bertz CT molecular complexity index is 374. The van der Waals surface area contributed by atoms with Gasteiger partial charge in [-0.2, -0.15) is 0 Å². The molecule has 0 saturated carbocycles.